The molecular weight excluding hydrogens is 160 g/mol. The smallest absolute Gasteiger partial charge is 0.407 e. The molecule has 0 aliphatic rings. The zero-order valence-corrected chi connectivity index (χ0v) is 6.74. The molecule has 0 saturated carbocycles. The Morgan fingerprint density at radius 1 is 1.83 bits per heavy atom. The molecule has 1 rings (SSSR count). The highest BCUT2D eigenvalue weighted by Crippen LogP contribution is 1.92. The number of hydrogen-bond donors (Lipinski definition) is 1. The van der Waals surface area contributed by atoms with Gasteiger partial charge in [-0.1, -0.05) is 0 Å². The third kappa shape index (κ3) is 2.61. The summed E-state index contributed by atoms with van der Waals surface area (Å²) < 4.78 is 9.34. The Morgan fingerprint density at radius 2 is 2.67 bits per heavy atom. The number of carbonyl (C=O) groups is 1. The summed E-state index contributed by atoms with van der Waals surface area (Å²) in [6, 6.07) is 0. The van der Waals surface area contributed by atoms with Crippen LogP contribution in [0.1, 0.15) is 12.6 Å². The van der Waals surface area contributed by atoms with Crippen LogP contribution >= 0.6 is 0 Å². The van der Waals surface area contributed by atoms with Crippen molar-refractivity contribution in [1.29, 1.82) is 0 Å². The Hall–Kier alpha value is -1.52. The molecule has 0 aromatic carbocycles. The molecule has 0 aliphatic carbocycles. The molecule has 1 amide bonds. The predicted molar refractivity (Wildman–Crippen MR) is 40.4 cm³/mol. The fourth-order valence-corrected chi connectivity index (χ4v) is 0.670. The largest absolute Gasteiger partial charge is 0.451 e. The third-order valence-corrected chi connectivity index (χ3v) is 1.17. The minimum atomic E-state index is -0.444. The van der Waals surface area contributed by atoms with Crippen molar-refractivity contribution in [3.63, 3.8) is 0 Å². The number of alkyl carbamates (subject to hydrolysis) is 1. The second kappa shape index (κ2) is 4.38. The van der Waals surface area contributed by atoms with E-state index in [2.05, 4.69) is 15.0 Å². The van der Waals surface area contributed by atoms with Crippen molar-refractivity contribution in [3.05, 3.63) is 18.4 Å². The van der Waals surface area contributed by atoms with Crippen molar-refractivity contribution in [2.24, 2.45) is 0 Å². The van der Waals surface area contributed by atoms with E-state index >= 15 is 0 Å². The Labute approximate surface area is 69.7 Å². The standard InChI is InChI=1S/C7H10N2O3/c1-2-12-7(10)8-3-6-4-11-5-9-6/h4-5H,2-3H2,1H3,(H,8,10). The number of hydrogen-bond acceptors (Lipinski definition) is 4. The van der Waals surface area contributed by atoms with Crippen LogP contribution in [-0.2, 0) is 11.3 Å². The van der Waals surface area contributed by atoms with Crippen LogP contribution in [0.15, 0.2) is 17.1 Å². The van der Waals surface area contributed by atoms with Gasteiger partial charge in [0, 0.05) is 0 Å². The van der Waals surface area contributed by atoms with Crippen LogP contribution in [0.3, 0.4) is 0 Å². The number of aromatic nitrogens is 1. The molecule has 0 bridgehead atoms. The van der Waals surface area contributed by atoms with E-state index in [-0.39, 0.29) is 0 Å². The highest BCUT2D eigenvalue weighted by Gasteiger charge is 2.00. The van der Waals surface area contributed by atoms with Crippen molar-refractivity contribution in [2.75, 3.05) is 6.61 Å². The molecule has 1 aromatic rings. The van der Waals surface area contributed by atoms with Crippen LogP contribution in [0.5, 0.6) is 0 Å². The number of carbonyl (C=O) groups excluding carboxylic acids is 1. The summed E-state index contributed by atoms with van der Waals surface area (Å²) in [6.07, 6.45) is 2.33. The SMILES string of the molecule is CCOC(=O)NCc1cocn1. The zero-order valence-electron chi connectivity index (χ0n) is 6.74. The van der Waals surface area contributed by atoms with Crippen LogP contribution in [0, 0.1) is 0 Å². The predicted octanol–water partition coefficient (Wildman–Crippen LogP) is 0.921. The first kappa shape index (κ1) is 8.58. The summed E-state index contributed by atoms with van der Waals surface area (Å²) in [5.41, 5.74) is 0.669. The van der Waals surface area contributed by atoms with E-state index < -0.39 is 6.09 Å². The zero-order chi connectivity index (χ0) is 8.81. The van der Waals surface area contributed by atoms with Crippen LogP contribution in [0.25, 0.3) is 0 Å². The first-order valence-electron chi connectivity index (χ1n) is 3.60. The van der Waals surface area contributed by atoms with Crippen LogP contribution in [0.4, 0.5) is 4.79 Å². The second-order valence-corrected chi connectivity index (χ2v) is 2.05. The average molecular weight is 170 g/mol. The molecule has 12 heavy (non-hydrogen) atoms. The molecular formula is C7H10N2O3. The summed E-state index contributed by atoms with van der Waals surface area (Å²) in [4.78, 5) is 14.6. The monoisotopic (exact) mass is 170 g/mol. The maximum absolute atomic E-state index is 10.7. The minimum absolute atomic E-state index is 0.329. The van der Waals surface area contributed by atoms with Gasteiger partial charge in [0.1, 0.15) is 6.26 Å². The fraction of sp³-hybridized carbons (Fsp3) is 0.429. The van der Waals surface area contributed by atoms with Gasteiger partial charge in [-0.05, 0) is 6.92 Å². The van der Waals surface area contributed by atoms with E-state index in [1.807, 2.05) is 0 Å². The van der Waals surface area contributed by atoms with Crippen molar-refractivity contribution >= 4 is 6.09 Å². The maximum Gasteiger partial charge on any atom is 0.407 e. The molecule has 5 heteroatoms. The first-order valence-corrected chi connectivity index (χ1v) is 3.60. The normalized spacial score (nSPS) is 9.42. The lowest BCUT2D eigenvalue weighted by atomic mass is 10.5. The maximum atomic E-state index is 10.7. The van der Waals surface area contributed by atoms with Gasteiger partial charge in [0.15, 0.2) is 6.39 Å². The number of amides is 1. The van der Waals surface area contributed by atoms with E-state index in [9.17, 15) is 4.79 Å². The molecule has 0 atom stereocenters. The fourth-order valence-electron chi connectivity index (χ4n) is 0.670. The van der Waals surface area contributed by atoms with Gasteiger partial charge >= 0.3 is 6.09 Å². The van der Waals surface area contributed by atoms with Gasteiger partial charge in [-0.2, -0.15) is 0 Å². The van der Waals surface area contributed by atoms with Crippen LogP contribution in [-0.4, -0.2) is 17.7 Å². The molecule has 0 spiro atoms. The molecule has 1 heterocycles. The second-order valence-electron chi connectivity index (χ2n) is 2.05. The summed E-state index contributed by atoms with van der Waals surface area (Å²) in [6.45, 7) is 2.44. The van der Waals surface area contributed by atoms with Crippen molar-refractivity contribution in [2.45, 2.75) is 13.5 Å². The number of nitrogens with zero attached hydrogens (tertiary/aromatic N) is 1. The van der Waals surface area contributed by atoms with Crippen molar-refractivity contribution < 1.29 is 13.9 Å². The van der Waals surface area contributed by atoms with Gasteiger partial charge in [-0.3, -0.25) is 0 Å². The highest BCUT2D eigenvalue weighted by atomic mass is 16.5. The first-order chi connectivity index (χ1) is 5.83. The number of nitrogens with one attached hydrogen (secondary N) is 1. The van der Waals surface area contributed by atoms with Gasteiger partial charge in [-0.15, -0.1) is 0 Å². The number of rotatable bonds is 3. The molecule has 1 aromatic heterocycles. The molecule has 0 fully saturated rings. The van der Waals surface area contributed by atoms with Crippen LogP contribution in [0.2, 0.25) is 0 Å². The lowest BCUT2D eigenvalue weighted by Gasteiger charge is -2.01. The molecule has 5 nitrogen and oxygen atoms in total. The molecule has 1 N–H and O–H groups in total. The lowest BCUT2D eigenvalue weighted by Crippen LogP contribution is -2.23. The molecule has 0 radical (unpaired) electrons. The van der Waals surface area contributed by atoms with Crippen LogP contribution < -0.4 is 5.32 Å². The lowest BCUT2D eigenvalue weighted by molar-refractivity contribution is 0.151. The topological polar surface area (TPSA) is 64.4 Å². The van der Waals surface area contributed by atoms with Gasteiger partial charge in [0.05, 0.1) is 18.8 Å². The van der Waals surface area contributed by atoms with E-state index in [0.29, 0.717) is 18.8 Å². The van der Waals surface area contributed by atoms with Gasteiger partial charge in [-0.25, -0.2) is 9.78 Å². The summed E-state index contributed by atoms with van der Waals surface area (Å²) in [5.74, 6) is 0. The Bertz CT molecular complexity index is 233. The van der Waals surface area contributed by atoms with Crippen molar-refractivity contribution in [1.82, 2.24) is 10.3 Å². The Kier molecular flexibility index (Phi) is 3.13. The van der Waals surface area contributed by atoms with E-state index in [4.69, 9.17) is 4.42 Å². The summed E-state index contributed by atoms with van der Waals surface area (Å²) >= 11 is 0. The molecule has 66 valence electrons. The Morgan fingerprint density at radius 3 is 3.25 bits per heavy atom. The molecule has 0 saturated heterocycles. The van der Waals surface area contributed by atoms with Gasteiger partial charge in [0.2, 0.25) is 0 Å². The minimum Gasteiger partial charge on any atom is -0.451 e. The van der Waals surface area contributed by atoms with E-state index in [1.54, 1.807) is 6.92 Å². The highest BCUT2D eigenvalue weighted by molar-refractivity contribution is 5.66. The average Bonchev–Trinajstić information content (AvgIpc) is 2.53. The Balaban J connectivity index is 2.22. The van der Waals surface area contributed by atoms with Gasteiger partial charge in [0.25, 0.3) is 0 Å². The quantitative estimate of drug-likeness (QED) is 0.732. The van der Waals surface area contributed by atoms with Crippen molar-refractivity contribution in [3.8, 4) is 0 Å². The summed E-state index contributed by atoms with van der Waals surface area (Å²) in [5, 5.41) is 2.50. The third-order valence-electron chi connectivity index (χ3n) is 1.17. The van der Waals surface area contributed by atoms with Gasteiger partial charge < -0.3 is 14.5 Å². The van der Waals surface area contributed by atoms with E-state index in [1.165, 1.54) is 12.7 Å². The van der Waals surface area contributed by atoms with E-state index in [0.717, 1.165) is 0 Å². The molecule has 0 aliphatic heterocycles. The summed E-state index contributed by atoms with van der Waals surface area (Å²) in [7, 11) is 0. The molecule has 0 unspecified atom stereocenters. The number of ether oxygens (including phenoxy) is 1. The number of oxazole rings is 1.